The molecule has 1 saturated heterocycles. The molecule has 150 valence electrons. The number of nitrogens with one attached hydrogen (secondary N) is 1. The molecule has 9 heteroatoms. The van der Waals surface area contributed by atoms with Gasteiger partial charge in [-0.15, -0.1) is 0 Å². The fourth-order valence-corrected chi connectivity index (χ4v) is 7.15. The molecule has 2 aliphatic rings. The number of anilines is 1. The van der Waals surface area contributed by atoms with E-state index in [0.29, 0.717) is 49.5 Å². The van der Waals surface area contributed by atoms with Crippen molar-refractivity contribution < 1.29 is 13.2 Å². The van der Waals surface area contributed by atoms with Gasteiger partial charge in [0.2, 0.25) is 0 Å². The smallest absolute Gasteiger partial charge is 0.321 e. The lowest BCUT2D eigenvalue weighted by Crippen LogP contribution is -2.55. The first-order chi connectivity index (χ1) is 13.4. The Bertz CT molecular complexity index is 945. The second-order valence-corrected chi connectivity index (χ2v) is 9.94. The summed E-state index contributed by atoms with van der Waals surface area (Å²) in [6.45, 7) is 1.11. The summed E-state index contributed by atoms with van der Waals surface area (Å²) in [6.07, 6.45) is 8.56. The van der Waals surface area contributed by atoms with E-state index in [1.54, 1.807) is 40.9 Å². The van der Waals surface area contributed by atoms with Gasteiger partial charge < -0.3 is 14.8 Å². The van der Waals surface area contributed by atoms with Crippen molar-refractivity contribution in [2.24, 2.45) is 13.0 Å². The third kappa shape index (κ3) is 3.07. The van der Waals surface area contributed by atoms with Crippen LogP contribution >= 0.6 is 0 Å². The topological polar surface area (TPSA) is 97.2 Å². The van der Waals surface area contributed by atoms with E-state index in [4.69, 9.17) is 0 Å². The average molecular weight is 404 g/mol. The van der Waals surface area contributed by atoms with Gasteiger partial charge in [0.05, 0.1) is 22.8 Å². The molecule has 8 nitrogen and oxygen atoms in total. The highest BCUT2D eigenvalue weighted by molar-refractivity contribution is 7.92. The first-order valence-electron chi connectivity index (χ1n) is 9.63. The van der Waals surface area contributed by atoms with Crippen molar-refractivity contribution in [3.63, 3.8) is 0 Å². The number of hydrogen-bond donors (Lipinski definition) is 1. The number of piperidine rings is 1. The van der Waals surface area contributed by atoms with Gasteiger partial charge >= 0.3 is 6.03 Å². The van der Waals surface area contributed by atoms with Crippen LogP contribution in [0.3, 0.4) is 0 Å². The van der Waals surface area contributed by atoms with Crippen LogP contribution in [0.15, 0.2) is 41.8 Å². The number of amides is 2. The van der Waals surface area contributed by atoms with Gasteiger partial charge in [0, 0.05) is 26.3 Å². The molecule has 1 aliphatic carbocycles. The summed E-state index contributed by atoms with van der Waals surface area (Å²) in [7, 11) is -1.63. The van der Waals surface area contributed by atoms with Gasteiger partial charge in [0.1, 0.15) is 5.03 Å². The lowest BCUT2D eigenvalue weighted by atomic mass is 9.71. The van der Waals surface area contributed by atoms with E-state index in [1.165, 1.54) is 12.4 Å². The lowest BCUT2D eigenvalue weighted by molar-refractivity contribution is 0.136. The molecule has 2 aromatic rings. The third-order valence-corrected chi connectivity index (χ3v) is 9.05. The van der Waals surface area contributed by atoms with Crippen molar-refractivity contribution in [1.29, 1.82) is 0 Å². The monoisotopic (exact) mass is 403 g/mol. The van der Waals surface area contributed by atoms with Gasteiger partial charge in [0.15, 0.2) is 9.84 Å². The molecular formula is C19H25N5O3S. The Morgan fingerprint density at radius 3 is 2.50 bits per heavy atom. The minimum absolute atomic E-state index is 0.0767. The second-order valence-electron chi connectivity index (χ2n) is 7.70. The maximum Gasteiger partial charge on any atom is 0.321 e. The largest absolute Gasteiger partial charge is 0.342 e. The van der Waals surface area contributed by atoms with Crippen LogP contribution in [0.5, 0.6) is 0 Å². The second kappa shape index (κ2) is 7.20. The van der Waals surface area contributed by atoms with Gasteiger partial charge in [-0.05, 0) is 49.8 Å². The van der Waals surface area contributed by atoms with Crippen molar-refractivity contribution in [2.75, 3.05) is 18.4 Å². The number of nitrogens with zero attached hydrogens (tertiary/aromatic N) is 4. The van der Waals surface area contributed by atoms with Crippen LogP contribution in [0, 0.1) is 5.92 Å². The summed E-state index contributed by atoms with van der Waals surface area (Å²) in [4.78, 5) is 14.2. The van der Waals surface area contributed by atoms with Crippen LogP contribution in [-0.2, 0) is 16.9 Å². The molecule has 0 atom stereocenters. The number of aromatic nitrogens is 3. The highest BCUT2D eigenvalue weighted by atomic mass is 32.2. The summed E-state index contributed by atoms with van der Waals surface area (Å²) < 4.78 is 27.9. The molecule has 1 N–H and O–H groups in total. The molecule has 0 radical (unpaired) electrons. The fraction of sp³-hybridized carbons (Fsp3) is 0.526. The minimum atomic E-state index is -3.41. The Morgan fingerprint density at radius 1 is 1.21 bits per heavy atom. The van der Waals surface area contributed by atoms with Gasteiger partial charge in [-0.1, -0.05) is 6.42 Å². The Morgan fingerprint density at radius 2 is 1.96 bits per heavy atom. The van der Waals surface area contributed by atoms with E-state index in [2.05, 4.69) is 15.5 Å². The van der Waals surface area contributed by atoms with E-state index in [9.17, 15) is 13.2 Å². The average Bonchev–Trinajstić information content (AvgIpc) is 3.09. The normalized spacial score (nSPS) is 19.8. The van der Waals surface area contributed by atoms with E-state index in [-0.39, 0.29) is 11.9 Å². The van der Waals surface area contributed by atoms with E-state index in [0.717, 1.165) is 6.42 Å². The van der Waals surface area contributed by atoms with E-state index < -0.39 is 14.6 Å². The number of urea groups is 1. The summed E-state index contributed by atoms with van der Waals surface area (Å²) in [5.41, 5.74) is 0.601. The number of carbonyl (C=O) groups excluding carboxylic acids is 1. The Kier molecular flexibility index (Phi) is 4.86. The molecule has 3 heterocycles. The first-order valence-corrected chi connectivity index (χ1v) is 11.1. The Labute approximate surface area is 164 Å². The maximum absolute atomic E-state index is 13.4. The lowest BCUT2D eigenvalue weighted by Gasteiger charge is -2.49. The molecule has 2 amide bonds. The highest BCUT2D eigenvalue weighted by Gasteiger charge is 2.55. The summed E-state index contributed by atoms with van der Waals surface area (Å²) in [5, 5.41) is 10.7. The van der Waals surface area contributed by atoms with Crippen molar-refractivity contribution in [3.05, 3.63) is 36.8 Å². The van der Waals surface area contributed by atoms with Crippen LogP contribution in [0.2, 0.25) is 0 Å². The van der Waals surface area contributed by atoms with Gasteiger partial charge in [0.25, 0.3) is 0 Å². The minimum Gasteiger partial charge on any atom is -0.342 e. The van der Waals surface area contributed by atoms with Crippen molar-refractivity contribution >= 4 is 21.6 Å². The molecule has 1 aliphatic heterocycles. The van der Waals surface area contributed by atoms with E-state index >= 15 is 0 Å². The summed E-state index contributed by atoms with van der Waals surface area (Å²) in [6, 6.07) is 4.98. The number of likely N-dealkylation sites (tertiary alicyclic amines) is 1. The van der Waals surface area contributed by atoms with Gasteiger partial charge in [-0.25, -0.2) is 13.2 Å². The molecule has 4 rings (SSSR count). The number of rotatable bonds is 4. The molecule has 2 aromatic heterocycles. The van der Waals surface area contributed by atoms with Gasteiger partial charge in [-0.2, -0.15) is 10.2 Å². The molecule has 28 heavy (non-hydrogen) atoms. The van der Waals surface area contributed by atoms with Crippen molar-refractivity contribution in [2.45, 2.75) is 41.9 Å². The number of aryl methyl sites for hydroxylation is 1. The van der Waals surface area contributed by atoms with Crippen LogP contribution in [0.25, 0.3) is 0 Å². The number of sulfone groups is 1. The molecule has 0 unspecified atom stereocenters. The van der Waals surface area contributed by atoms with Crippen LogP contribution < -0.4 is 5.32 Å². The molecule has 0 spiro atoms. The SMILES string of the molecule is Cn1cccc1S(=O)(=O)C1(C2CCN(C(=O)Nc3ccnnc3)CC2)CCC1. The Balaban J connectivity index is 1.45. The molecule has 1 saturated carbocycles. The Hall–Kier alpha value is -2.42. The predicted molar refractivity (Wildman–Crippen MR) is 105 cm³/mol. The highest BCUT2D eigenvalue weighted by Crippen LogP contribution is 2.51. The number of hydrogen-bond acceptors (Lipinski definition) is 5. The summed E-state index contributed by atoms with van der Waals surface area (Å²) in [5.74, 6) is 0.0767. The molecule has 0 aromatic carbocycles. The fourth-order valence-electron chi connectivity index (χ4n) is 4.53. The van der Waals surface area contributed by atoms with Crippen LogP contribution in [0.1, 0.15) is 32.1 Å². The van der Waals surface area contributed by atoms with Gasteiger partial charge in [-0.3, -0.25) is 0 Å². The predicted octanol–water partition coefficient (Wildman–Crippen LogP) is 2.46. The molecular weight excluding hydrogens is 378 g/mol. The standard InChI is InChI=1S/C19H25N5O3S/c1-23-11-2-4-17(23)28(26,27)19(8-3-9-19)15-6-12-24(13-7-15)18(25)22-16-5-10-20-21-14-16/h2,4-5,10-11,14-15H,3,6-9,12-13H2,1H3,(H,20,22,25). The zero-order valence-corrected chi connectivity index (χ0v) is 16.7. The maximum atomic E-state index is 13.4. The van der Waals surface area contributed by atoms with Crippen molar-refractivity contribution in [3.8, 4) is 0 Å². The number of carbonyl (C=O) groups is 1. The van der Waals surface area contributed by atoms with E-state index in [1.807, 2.05) is 0 Å². The first kappa shape index (κ1) is 18.9. The van der Waals surface area contributed by atoms with Crippen LogP contribution in [0.4, 0.5) is 10.5 Å². The zero-order chi connectivity index (χ0) is 19.8. The van der Waals surface area contributed by atoms with Crippen LogP contribution in [-0.4, -0.2) is 51.9 Å². The summed E-state index contributed by atoms with van der Waals surface area (Å²) >= 11 is 0. The quantitative estimate of drug-likeness (QED) is 0.846. The van der Waals surface area contributed by atoms with Crippen molar-refractivity contribution in [1.82, 2.24) is 19.7 Å². The molecule has 0 bridgehead atoms. The zero-order valence-electron chi connectivity index (χ0n) is 15.9. The molecule has 2 fully saturated rings. The third-order valence-electron chi connectivity index (χ3n) is 6.27.